The number of aryl methyl sites for hydroxylation is 1. The van der Waals surface area contributed by atoms with Gasteiger partial charge in [-0.25, -0.2) is 4.98 Å². The summed E-state index contributed by atoms with van der Waals surface area (Å²) in [6.45, 7) is 6.78. The number of piperidine rings is 1. The Morgan fingerprint density at radius 1 is 0.922 bits per heavy atom. The first-order valence-electron chi connectivity index (χ1n) is 17.9. The molecule has 51 heavy (non-hydrogen) atoms. The minimum atomic E-state index is -0.159. The van der Waals surface area contributed by atoms with Crippen molar-refractivity contribution in [2.24, 2.45) is 5.41 Å². The van der Waals surface area contributed by atoms with Gasteiger partial charge in [-0.1, -0.05) is 42.5 Å². The number of imidazole rings is 1. The fourth-order valence-corrected chi connectivity index (χ4v) is 8.02. The van der Waals surface area contributed by atoms with Crippen molar-refractivity contribution in [3.8, 4) is 17.2 Å². The Kier molecular flexibility index (Phi) is 10.2. The second-order valence-electron chi connectivity index (χ2n) is 14.2. The van der Waals surface area contributed by atoms with Gasteiger partial charge >= 0.3 is 0 Å². The number of nitrogens with one attached hydrogen (secondary N) is 1. The van der Waals surface area contributed by atoms with Crippen molar-refractivity contribution in [1.29, 1.82) is 0 Å². The third kappa shape index (κ3) is 7.71. The van der Waals surface area contributed by atoms with E-state index in [1.54, 1.807) is 21.3 Å². The maximum Gasteiger partial charge on any atom is 0.223 e. The molecule has 1 amide bonds. The van der Waals surface area contributed by atoms with E-state index in [1.807, 2.05) is 42.2 Å². The second-order valence-corrected chi connectivity index (χ2v) is 14.2. The first kappa shape index (κ1) is 34.5. The maximum absolute atomic E-state index is 13.7. The van der Waals surface area contributed by atoms with Crippen molar-refractivity contribution < 1.29 is 23.4 Å². The number of para-hydroxylation sites is 2. The lowest BCUT2D eigenvalue weighted by Crippen LogP contribution is -2.46. The molecule has 2 saturated heterocycles. The van der Waals surface area contributed by atoms with Gasteiger partial charge in [0.25, 0.3) is 0 Å². The molecule has 0 aliphatic carbocycles. The number of rotatable bonds is 14. The molecule has 268 valence electrons. The van der Waals surface area contributed by atoms with Crippen molar-refractivity contribution in [1.82, 2.24) is 19.8 Å². The van der Waals surface area contributed by atoms with Crippen molar-refractivity contribution in [2.45, 2.75) is 58.2 Å². The van der Waals surface area contributed by atoms with Crippen LogP contribution < -0.4 is 19.1 Å². The van der Waals surface area contributed by atoms with Crippen LogP contribution in [0.25, 0.3) is 11.0 Å². The quantitative estimate of drug-likeness (QED) is 0.133. The number of furan rings is 1. The van der Waals surface area contributed by atoms with Gasteiger partial charge in [-0.3, -0.25) is 4.79 Å². The van der Waals surface area contributed by atoms with Gasteiger partial charge in [0.05, 0.1) is 38.9 Å². The SMILES string of the molecule is COc1cc(CN2CC(CCN3CCC(N(Cc4ccc(C)o4)c4nc5ccccc5[nH]4)CC3)(Cc3ccccc3)CC2=O)cc(OC)c1OC. The molecule has 0 spiro atoms. The molecule has 7 rings (SSSR count). The van der Waals surface area contributed by atoms with Gasteiger partial charge in [0, 0.05) is 44.1 Å². The van der Waals surface area contributed by atoms with Crippen LogP contribution >= 0.6 is 0 Å². The van der Waals surface area contributed by atoms with E-state index in [2.05, 4.69) is 63.3 Å². The third-order valence-electron chi connectivity index (χ3n) is 10.7. The van der Waals surface area contributed by atoms with Gasteiger partial charge in [-0.2, -0.15) is 0 Å². The number of anilines is 1. The van der Waals surface area contributed by atoms with Crippen molar-refractivity contribution >= 4 is 22.9 Å². The number of carbonyl (C=O) groups excluding carboxylic acids is 1. The standard InChI is InChI=1S/C41H49N5O5/c1-29-14-15-33(51-29)27-46(40-42-34-12-8-9-13-35(34)43-40)32-16-19-44(20-17-32)21-18-41(24-30-10-6-5-7-11-30)25-38(47)45(28-41)26-31-22-36(48-2)39(50-4)37(23-31)49-3/h5-15,22-23,32H,16-21,24-28H2,1-4H3,(H,42,43). The fourth-order valence-electron chi connectivity index (χ4n) is 8.02. The molecule has 2 fully saturated rings. The number of methoxy groups -OCH3 is 3. The Labute approximate surface area is 300 Å². The summed E-state index contributed by atoms with van der Waals surface area (Å²) in [5.41, 5.74) is 4.08. The number of amides is 1. The Bertz CT molecular complexity index is 1870. The Balaban J connectivity index is 1.04. The van der Waals surface area contributed by atoms with E-state index in [4.69, 9.17) is 23.6 Å². The number of benzene rings is 3. The topological polar surface area (TPSA) is 96.3 Å². The molecule has 0 bridgehead atoms. The Morgan fingerprint density at radius 3 is 2.31 bits per heavy atom. The molecule has 10 heteroatoms. The Morgan fingerprint density at radius 2 is 1.65 bits per heavy atom. The summed E-state index contributed by atoms with van der Waals surface area (Å²) in [4.78, 5) is 29.3. The zero-order valence-electron chi connectivity index (χ0n) is 30.2. The lowest BCUT2D eigenvalue weighted by molar-refractivity contribution is -0.128. The van der Waals surface area contributed by atoms with Crippen LogP contribution in [0.3, 0.4) is 0 Å². The smallest absolute Gasteiger partial charge is 0.223 e. The summed E-state index contributed by atoms with van der Waals surface area (Å²) in [6.07, 6.45) is 4.39. The first-order valence-corrected chi connectivity index (χ1v) is 17.9. The molecule has 4 heterocycles. The Hall–Kier alpha value is -4.96. The number of fused-ring (bicyclic) bond motifs is 1. The molecule has 3 aromatic carbocycles. The normalized spacial score (nSPS) is 18.4. The molecular weight excluding hydrogens is 642 g/mol. The van der Waals surface area contributed by atoms with Crippen LogP contribution in [0.4, 0.5) is 5.95 Å². The van der Waals surface area contributed by atoms with Gasteiger partial charge in [-0.15, -0.1) is 0 Å². The van der Waals surface area contributed by atoms with Crippen molar-refractivity contribution in [2.75, 3.05) is 52.4 Å². The van der Waals surface area contributed by atoms with E-state index in [0.717, 1.165) is 79.4 Å². The molecule has 10 nitrogen and oxygen atoms in total. The summed E-state index contributed by atoms with van der Waals surface area (Å²) >= 11 is 0. The van der Waals surface area contributed by atoms with E-state index >= 15 is 0 Å². The van der Waals surface area contributed by atoms with Crippen LogP contribution in [-0.2, 0) is 24.3 Å². The molecule has 2 aromatic heterocycles. The highest BCUT2D eigenvalue weighted by Crippen LogP contribution is 2.42. The largest absolute Gasteiger partial charge is 0.493 e. The maximum atomic E-state index is 13.7. The summed E-state index contributed by atoms with van der Waals surface area (Å²) in [5, 5.41) is 0. The van der Waals surface area contributed by atoms with Gasteiger partial charge < -0.3 is 38.3 Å². The number of hydrogen-bond acceptors (Lipinski definition) is 8. The number of hydrogen-bond donors (Lipinski definition) is 1. The summed E-state index contributed by atoms with van der Waals surface area (Å²) < 4.78 is 22.8. The monoisotopic (exact) mass is 691 g/mol. The molecule has 0 saturated carbocycles. The lowest BCUT2D eigenvalue weighted by atomic mass is 9.77. The molecule has 0 radical (unpaired) electrons. The molecule has 1 N–H and O–H groups in total. The molecule has 1 atom stereocenters. The van der Waals surface area contributed by atoms with Crippen LogP contribution in [0.5, 0.6) is 17.2 Å². The predicted molar refractivity (Wildman–Crippen MR) is 199 cm³/mol. The van der Waals surface area contributed by atoms with Crippen LogP contribution in [0.2, 0.25) is 0 Å². The number of aromatic amines is 1. The van der Waals surface area contributed by atoms with Crippen molar-refractivity contribution in [3.63, 3.8) is 0 Å². The highest BCUT2D eigenvalue weighted by Gasteiger charge is 2.43. The van der Waals surface area contributed by atoms with Crippen LogP contribution in [0, 0.1) is 12.3 Å². The van der Waals surface area contributed by atoms with E-state index < -0.39 is 0 Å². The number of likely N-dealkylation sites (tertiary alicyclic amines) is 2. The molecule has 2 aliphatic rings. The number of nitrogens with zero attached hydrogens (tertiary/aromatic N) is 4. The van der Waals surface area contributed by atoms with Gasteiger partial charge in [-0.05, 0) is 86.7 Å². The minimum Gasteiger partial charge on any atom is -0.493 e. The predicted octanol–water partition coefficient (Wildman–Crippen LogP) is 7.01. The molecule has 2 aliphatic heterocycles. The highest BCUT2D eigenvalue weighted by atomic mass is 16.5. The van der Waals surface area contributed by atoms with Crippen LogP contribution in [0.15, 0.2) is 83.3 Å². The summed E-state index contributed by atoms with van der Waals surface area (Å²) in [5.74, 6) is 4.68. The summed E-state index contributed by atoms with van der Waals surface area (Å²) in [7, 11) is 4.83. The third-order valence-corrected chi connectivity index (χ3v) is 10.7. The minimum absolute atomic E-state index is 0.159. The van der Waals surface area contributed by atoms with E-state index in [9.17, 15) is 4.79 Å². The van der Waals surface area contributed by atoms with E-state index in [-0.39, 0.29) is 11.3 Å². The molecule has 1 unspecified atom stereocenters. The highest BCUT2D eigenvalue weighted by molar-refractivity contribution is 5.80. The molecule has 5 aromatic rings. The van der Waals surface area contributed by atoms with Crippen LogP contribution in [0.1, 0.15) is 48.3 Å². The van der Waals surface area contributed by atoms with E-state index in [1.165, 1.54) is 5.56 Å². The van der Waals surface area contributed by atoms with Gasteiger partial charge in [0.2, 0.25) is 17.6 Å². The zero-order valence-corrected chi connectivity index (χ0v) is 30.2. The average Bonchev–Trinajstić information content (AvgIpc) is 3.86. The number of ether oxygens (including phenoxy) is 3. The second kappa shape index (κ2) is 15.1. The number of carbonyl (C=O) groups is 1. The fraction of sp³-hybridized carbons (Fsp3) is 0.415. The lowest BCUT2D eigenvalue weighted by Gasteiger charge is -2.39. The molecular formula is C41H49N5O5. The average molecular weight is 692 g/mol. The zero-order chi connectivity index (χ0) is 35.4. The summed E-state index contributed by atoms with van der Waals surface area (Å²) in [6, 6.07) is 27.1. The number of aromatic nitrogens is 2. The van der Waals surface area contributed by atoms with Crippen LogP contribution in [-0.4, -0.2) is 79.2 Å². The first-order chi connectivity index (χ1) is 24.8. The van der Waals surface area contributed by atoms with Crippen molar-refractivity contribution in [3.05, 3.63) is 102 Å². The van der Waals surface area contributed by atoms with Gasteiger partial charge in [0.1, 0.15) is 11.5 Å². The van der Waals surface area contributed by atoms with Gasteiger partial charge in [0.15, 0.2) is 11.5 Å². The number of H-pyrrole nitrogens is 1. The van der Waals surface area contributed by atoms with E-state index in [0.29, 0.717) is 49.3 Å².